The van der Waals surface area contributed by atoms with Gasteiger partial charge in [-0.3, -0.25) is 4.90 Å². The number of ether oxygens (including phenoxy) is 1. The fourth-order valence-corrected chi connectivity index (χ4v) is 3.15. The smallest absolute Gasteiger partial charge is 0.0900 e. The zero-order chi connectivity index (χ0) is 15.2. The van der Waals surface area contributed by atoms with Gasteiger partial charge in [-0.1, -0.05) is 30.2 Å². The number of likely N-dealkylation sites (tertiary alicyclic amines) is 1. The highest BCUT2D eigenvalue weighted by Gasteiger charge is 2.26. The minimum atomic E-state index is -0.430. The second kappa shape index (κ2) is 8.14. The molecule has 4 heteroatoms. The zero-order valence-electron chi connectivity index (χ0n) is 13.0. The van der Waals surface area contributed by atoms with Crippen LogP contribution in [0.1, 0.15) is 38.7 Å². The number of hydrogen-bond acceptors (Lipinski definition) is 3. The molecule has 1 aromatic rings. The van der Waals surface area contributed by atoms with Gasteiger partial charge in [0.2, 0.25) is 0 Å². The number of benzene rings is 1. The highest BCUT2D eigenvalue weighted by Crippen LogP contribution is 2.22. The van der Waals surface area contributed by atoms with E-state index in [9.17, 15) is 5.11 Å². The first-order valence-electron chi connectivity index (χ1n) is 7.82. The van der Waals surface area contributed by atoms with Crippen LogP contribution in [0.15, 0.2) is 24.3 Å². The average molecular weight is 312 g/mol. The monoisotopic (exact) mass is 311 g/mol. The lowest BCUT2D eigenvalue weighted by Crippen LogP contribution is -2.48. The van der Waals surface area contributed by atoms with Gasteiger partial charge < -0.3 is 9.84 Å². The lowest BCUT2D eigenvalue weighted by atomic mass is 9.97. The van der Waals surface area contributed by atoms with Crippen LogP contribution in [0, 0.1) is 0 Å². The molecule has 0 saturated carbocycles. The summed E-state index contributed by atoms with van der Waals surface area (Å²) < 4.78 is 5.61. The van der Waals surface area contributed by atoms with Crippen molar-refractivity contribution in [1.82, 2.24) is 4.90 Å². The Hall–Kier alpha value is -0.610. The Kier molecular flexibility index (Phi) is 6.49. The standard InChI is InChI=1S/C17H26ClNO2/c1-13-4-3-5-14(2)19(13)10-17(20)12-21-11-15-6-8-16(18)9-7-15/h6-9,13-14,17,20H,3-5,10-12H2,1-2H3/t13-,14+,17-/m0/s1. The molecular formula is C17H26ClNO2. The van der Waals surface area contributed by atoms with Gasteiger partial charge in [-0.05, 0) is 44.4 Å². The summed E-state index contributed by atoms with van der Waals surface area (Å²) in [7, 11) is 0. The van der Waals surface area contributed by atoms with Crippen LogP contribution >= 0.6 is 11.6 Å². The SMILES string of the molecule is C[C@@H]1CCC[C@H](C)N1C[C@H](O)COCc1ccc(Cl)cc1. The van der Waals surface area contributed by atoms with Crippen molar-refractivity contribution in [3.8, 4) is 0 Å². The van der Waals surface area contributed by atoms with Crippen LogP contribution < -0.4 is 0 Å². The van der Waals surface area contributed by atoms with Gasteiger partial charge in [0.05, 0.1) is 19.3 Å². The minimum absolute atomic E-state index is 0.374. The van der Waals surface area contributed by atoms with Crippen molar-refractivity contribution in [3.05, 3.63) is 34.9 Å². The number of halogens is 1. The number of rotatable bonds is 6. The number of piperidine rings is 1. The molecule has 0 aromatic heterocycles. The lowest BCUT2D eigenvalue weighted by molar-refractivity contribution is -0.0135. The summed E-state index contributed by atoms with van der Waals surface area (Å²) in [4.78, 5) is 2.40. The Bertz CT molecular complexity index is 413. The zero-order valence-corrected chi connectivity index (χ0v) is 13.7. The maximum Gasteiger partial charge on any atom is 0.0900 e. The number of aliphatic hydroxyl groups is 1. The Morgan fingerprint density at radius 3 is 2.48 bits per heavy atom. The van der Waals surface area contributed by atoms with Crippen molar-refractivity contribution < 1.29 is 9.84 Å². The molecule has 0 spiro atoms. The quantitative estimate of drug-likeness (QED) is 0.873. The van der Waals surface area contributed by atoms with Crippen LogP contribution in [0.25, 0.3) is 0 Å². The molecule has 1 saturated heterocycles. The summed E-state index contributed by atoms with van der Waals surface area (Å²) in [5.41, 5.74) is 1.08. The Morgan fingerprint density at radius 2 is 1.86 bits per heavy atom. The lowest BCUT2D eigenvalue weighted by Gasteiger charge is -2.40. The Morgan fingerprint density at radius 1 is 1.24 bits per heavy atom. The molecule has 0 radical (unpaired) electrons. The topological polar surface area (TPSA) is 32.7 Å². The van der Waals surface area contributed by atoms with E-state index < -0.39 is 6.10 Å². The van der Waals surface area contributed by atoms with Crippen molar-refractivity contribution >= 4 is 11.6 Å². The predicted octanol–water partition coefficient (Wildman–Crippen LogP) is 3.48. The van der Waals surface area contributed by atoms with Gasteiger partial charge in [0.1, 0.15) is 0 Å². The third kappa shape index (κ3) is 5.26. The van der Waals surface area contributed by atoms with Crippen molar-refractivity contribution in [1.29, 1.82) is 0 Å². The maximum absolute atomic E-state index is 10.2. The molecule has 3 nitrogen and oxygen atoms in total. The Labute approximate surface area is 132 Å². The first kappa shape index (κ1) is 16.8. The van der Waals surface area contributed by atoms with Crippen LogP contribution in [0.3, 0.4) is 0 Å². The van der Waals surface area contributed by atoms with Crippen molar-refractivity contribution in [2.75, 3.05) is 13.2 Å². The highest BCUT2D eigenvalue weighted by atomic mass is 35.5. The number of hydrogen-bond donors (Lipinski definition) is 1. The van der Waals surface area contributed by atoms with Gasteiger partial charge in [-0.25, -0.2) is 0 Å². The first-order valence-corrected chi connectivity index (χ1v) is 8.20. The maximum atomic E-state index is 10.2. The summed E-state index contributed by atoms with van der Waals surface area (Å²) in [5.74, 6) is 0. The molecule has 1 N–H and O–H groups in total. The molecule has 0 aliphatic carbocycles. The summed E-state index contributed by atoms with van der Waals surface area (Å²) in [6.45, 7) is 6.08. The van der Waals surface area contributed by atoms with Gasteiger partial charge in [0.15, 0.2) is 0 Å². The van der Waals surface area contributed by atoms with E-state index in [1.807, 2.05) is 24.3 Å². The molecule has 118 valence electrons. The second-order valence-electron chi connectivity index (χ2n) is 6.12. The van der Waals surface area contributed by atoms with Gasteiger partial charge >= 0.3 is 0 Å². The number of nitrogens with zero attached hydrogens (tertiary/aromatic N) is 1. The van der Waals surface area contributed by atoms with Crippen molar-refractivity contribution in [2.45, 2.75) is 57.9 Å². The van der Waals surface area contributed by atoms with Crippen LogP contribution in [0.4, 0.5) is 0 Å². The molecule has 21 heavy (non-hydrogen) atoms. The van der Waals surface area contributed by atoms with Gasteiger partial charge in [-0.2, -0.15) is 0 Å². The molecule has 1 aliphatic rings. The van der Waals surface area contributed by atoms with E-state index in [1.54, 1.807) is 0 Å². The van der Waals surface area contributed by atoms with E-state index in [1.165, 1.54) is 19.3 Å². The molecule has 1 aromatic carbocycles. The predicted molar refractivity (Wildman–Crippen MR) is 86.6 cm³/mol. The average Bonchev–Trinajstić information content (AvgIpc) is 2.45. The van der Waals surface area contributed by atoms with Gasteiger partial charge in [0.25, 0.3) is 0 Å². The fraction of sp³-hybridized carbons (Fsp3) is 0.647. The van der Waals surface area contributed by atoms with E-state index in [4.69, 9.17) is 16.3 Å². The van der Waals surface area contributed by atoms with E-state index in [-0.39, 0.29) is 0 Å². The molecule has 0 unspecified atom stereocenters. The highest BCUT2D eigenvalue weighted by molar-refractivity contribution is 6.30. The van der Waals surface area contributed by atoms with Crippen LogP contribution in [0.2, 0.25) is 5.02 Å². The molecule has 1 heterocycles. The van der Waals surface area contributed by atoms with Gasteiger partial charge in [-0.15, -0.1) is 0 Å². The van der Waals surface area contributed by atoms with E-state index in [0.29, 0.717) is 31.8 Å². The molecule has 1 aliphatic heterocycles. The molecule has 0 bridgehead atoms. The number of β-amino-alcohol motifs (C(OH)–C–C–N with tert-alkyl or cyclic N) is 1. The molecule has 3 atom stereocenters. The van der Waals surface area contributed by atoms with Crippen LogP contribution in [-0.2, 0) is 11.3 Å². The summed E-state index contributed by atoms with van der Waals surface area (Å²) in [6.07, 6.45) is 3.31. The van der Waals surface area contributed by atoms with E-state index >= 15 is 0 Å². The second-order valence-corrected chi connectivity index (χ2v) is 6.56. The first-order chi connectivity index (χ1) is 10.1. The largest absolute Gasteiger partial charge is 0.389 e. The normalized spacial score (nSPS) is 25.0. The van der Waals surface area contributed by atoms with E-state index in [2.05, 4.69) is 18.7 Å². The molecule has 0 amide bonds. The third-order valence-corrected chi connectivity index (χ3v) is 4.54. The number of aliphatic hydroxyl groups excluding tert-OH is 1. The third-order valence-electron chi connectivity index (χ3n) is 4.29. The van der Waals surface area contributed by atoms with Crippen molar-refractivity contribution in [3.63, 3.8) is 0 Å². The molecule has 2 rings (SSSR count). The van der Waals surface area contributed by atoms with Crippen LogP contribution in [0.5, 0.6) is 0 Å². The Balaban J connectivity index is 1.71. The van der Waals surface area contributed by atoms with Gasteiger partial charge in [0, 0.05) is 23.7 Å². The summed E-state index contributed by atoms with van der Waals surface area (Å²) >= 11 is 5.85. The molecular weight excluding hydrogens is 286 g/mol. The van der Waals surface area contributed by atoms with Crippen molar-refractivity contribution in [2.24, 2.45) is 0 Å². The minimum Gasteiger partial charge on any atom is -0.389 e. The van der Waals surface area contributed by atoms with E-state index in [0.717, 1.165) is 10.6 Å². The summed E-state index contributed by atoms with van der Waals surface area (Å²) in [6, 6.07) is 8.72. The summed E-state index contributed by atoms with van der Waals surface area (Å²) in [5, 5.41) is 10.9. The van der Waals surface area contributed by atoms with Crippen LogP contribution in [-0.4, -0.2) is 41.3 Å². The molecule has 1 fully saturated rings. The fourth-order valence-electron chi connectivity index (χ4n) is 3.02.